The Bertz CT molecular complexity index is 1100. The van der Waals surface area contributed by atoms with Crippen LogP contribution in [0.5, 0.6) is 0 Å². The first-order valence-electron chi connectivity index (χ1n) is 8.81. The Morgan fingerprint density at radius 1 is 1.11 bits per heavy atom. The molecule has 1 aromatic carbocycles. The van der Waals surface area contributed by atoms with Crippen LogP contribution in [0.3, 0.4) is 0 Å². The van der Waals surface area contributed by atoms with Crippen molar-refractivity contribution in [3.05, 3.63) is 41.8 Å². The van der Waals surface area contributed by atoms with Crippen LogP contribution < -0.4 is 10.2 Å². The summed E-state index contributed by atoms with van der Waals surface area (Å²) in [6.07, 6.45) is 0. The molecule has 1 aliphatic rings. The van der Waals surface area contributed by atoms with Gasteiger partial charge in [0.1, 0.15) is 0 Å². The van der Waals surface area contributed by atoms with E-state index < -0.39 is 0 Å². The maximum atomic E-state index is 12.6. The molecule has 0 atom stereocenters. The molecule has 0 unspecified atom stereocenters. The first-order chi connectivity index (χ1) is 13.8. The van der Waals surface area contributed by atoms with E-state index >= 15 is 0 Å². The molecular formula is C18H16N6O2S2. The zero-order valence-corrected chi connectivity index (χ0v) is 16.4. The largest absolute Gasteiger partial charge is 0.354 e. The lowest BCUT2D eigenvalue weighted by Gasteiger charge is -2.34. The van der Waals surface area contributed by atoms with Gasteiger partial charge in [0, 0.05) is 37.7 Å². The molecule has 0 bridgehead atoms. The quantitative estimate of drug-likeness (QED) is 0.551. The van der Waals surface area contributed by atoms with E-state index in [0.717, 1.165) is 21.2 Å². The smallest absolute Gasteiger partial charge is 0.323 e. The van der Waals surface area contributed by atoms with E-state index in [1.807, 2.05) is 41.8 Å². The minimum atomic E-state index is -0.171. The predicted octanol–water partition coefficient (Wildman–Crippen LogP) is 3.76. The zero-order valence-electron chi connectivity index (χ0n) is 14.7. The van der Waals surface area contributed by atoms with Gasteiger partial charge in [0.15, 0.2) is 17.2 Å². The Kier molecular flexibility index (Phi) is 4.41. The summed E-state index contributed by atoms with van der Waals surface area (Å²) < 4.78 is 9.70. The van der Waals surface area contributed by atoms with Crippen LogP contribution >= 0.6 is 22.9 Å². The molecule has 1 saturated heterocycles. The molecule has 3 aromatic heterocycles. The molecule has 1 fully saturated rings. The summed E-state index contributed by atoms with van der Waals surface area (Å²) in [5.41, 5.74) is 0.653. The average molecular weight is 413 g/mol. The van der Waals surface area contributed by atoms with Gasteiger partial charge >= 0.3 is 6.03 Å². The van der Waals surface area contributed by atoms with E-state index in [4.69, 9.17) is 4.52 Å². The summed E-state index contributed by atoms with van der Waals surface area (Å²) in [6.45, 7) is 2.64. The molecule has 0 radical (unpaired) electrons. The number of carbonyl (C=O) groups is 1. The predicted molar refractivity (Wildman–Crippen MR) is 110 cm³/mol. The van der Waals surface area contributed by atoms with Crippen LogP contribution in [0.4, 0.5) is 15.7 Å². The molecule has 4 heterocycles. The lowest BCUT2D eigenvalue weighted by atomic mass is 10.2. The van der Waals surface area contributed by atoms with Gasteiger partial charge in [0.25, 0.3) is 0 Å². The number of carbonyl (C=O) groups excluding carboxylic acids is 1. The number of para-hydroxylation sites is 1. The average Bonchev–Trinajstić information content (AvgIpc) is 3.49. The third-order valence-electron chi connectivity index (χ3n) is 4.60. The van der Waals surface area contributed by atoms with Crippen molar-refractivity contribution < 1.29 is 9.32 Å². The van der Waals surface area contributed by atoms with Crippen LogP contribution in [0.2, 0.25) is 0 Å². The number of hydrogen-bond acceptors (Lipinski definition) is 8. The van der Waals surface area contributed by atoms with E-state index in [0.29, 0.717) is 37.6 Å². The number of piperazine rings is 1. The maximum Gasteiger partial charge on any atom is 0.323 e. The maximum absolute atomic E-state index is 12.6. The van der Waals surface area contributed by atoms with Crippen molar-refractivity contribution in [3.8, 4) is 10.7 Å². The summed E-state index contributed by atoms with van der Waals surface area (Å²) >= 11 is 3.03. The van der Waals surface area contributed by atoms with E-state index in [1.54, 1.807) is 16.2 Å². The van der Waals surface area contributed by atoms with Gasteiger partial charge in [-0.25, -0.2) is 4.79 Å². The molecular weight excluding hydrogens is 396 g/mol. The second kappa shape index (κ2) is 7.21. The number of nitrogens with one attached hydrogen (secondary N) is 1. The van der Waals surface area contributed by atoms with Gasteiger partial charge in [-0.05, 0) is 23.6 Å². The van der Waals surface area contributed by atoms with Crippen LogP contribution in [0.15, 0.2) is 46.3 Å². The highest BCUT2D eigenvalue weighted by Crippen LogP contribution is 2.28. The Balaban J connectivity index is 1.21. The Morgan fingerprint density at radius 3 is 2.79 bits per heavy atom. The van der Waals surface area contributed by atoms with Crippen molar-refractivity contribution >= 4 is 50.8 Å². The number of anilines is 2. The minimum Gasteiger partial charge on any atom is -0.354 e. The highest BCUT2D eigenvalue weighted by molar-refractivity contribution is 7.14. The van der Waals surface area contributed by atoms with Crippen molar-refractivity contribution in [1.29, 1.82) is 0 Å². The van der Waals surface area contributed by atoms with Crippen LogP contribution in [0.25, 0.3) is 21.7 Å². The molecule has 0 aliphatic carbocycles. The Labute approximate surface area is 168 Å². The SMILES string of the molecule is O=C(Nc1noc2ccccc12)N1CCN(c2nc(-c3cccs3)ns2)CC1. The number of thiophene rings is 1. The molecule has 1 aliphatic heterocycles. The molecule has 28 heavy (non-hydrogen) atoms. The monoisotopic (exact) mass is 412 g/mol. The molecule has 4 aromatic rings. The van der Waals surface area contributed by atoms with Crippen LogP contribution in [-0.4, -0.2) is 51.6 Å². The molecule has 5 rings (SSSR count). The van der Waals surface area contributed by atoms with Crippen LogP contribution in [0, 0.1) is 0 Å². The third kappa shape index (κ3) is 3.20. The molecule has 142 valence electrons. The van der Waals surface area contributed by atoms with Gasteiger partial charge in [0.05, 0.1) is 10.3 Å². The highest BCUT2D eigenvalue weighted by Gasteiger charge is 2.24. The third-order valence-corrected chi connectivity index (χ3v) is 6.24. The number of nitrogens with zero attached hydrogens (tertiary/aromatic N) is 5. The highest BCUT2D eigenvalue weighted by atomic mass is 32.1. The van der Waals surface area contributed by atoms with E-state index in [9.17, 15) is 4.79 Å². The number of aromatic nitrogens is 3. The summed E-state index contributed by atoms with van der Waals surface area (Å²) in [6, 6.07) is 11.3. The summed E-state index contributed by atoms with van der Waals surface area (Å²) in [7, 11) is 0. The lowest BCUT2D eigenvalue weighted by molar-refractivity contribution is 0.208. The minimum absolute atomic E-state index is 0.171. The summed E-state index contributed by atoms with van der Waals surface area (Å²) in [4.78, 5) is 22.3. The first kappa shape index (κ1) is 17.1. The van der Waals surface area contributed by atoms with E-state index in [2.05, 4.69) is 24.7 Å². The lowest BCUT2D eigenvalue weighted by Crippen LogP contribution is -2.50. The number of benzene rings is 1. The topological polar surface area (TPSA) is 87.4 Å². The Hall–Kier alpha value is -2.98. The van der Waals surface area contributed by atoms with Crippen molar-refractivity contribution in [2.45, 2.75) is 0 Å². The normalized spacial score (nSPS) is 14.6. The fraction of sp³-hybridized carbons (Fsp3) is 0.222. The second-order valence-electron chi connectivity index (χ2n) is 6.31. The zero-order chi connectivity index (χ0) is 18.9. The Morgan fingerprint density at radius 2 is 1.96 bits per heavy atom. The standard InChI is InChI=1S/C18H16N6O2S2/c25-17(19-15-12-4-1-2-5-13(12)26-21-15)23-7-9-24(10-8-23)18-20-16(22-28-18)14-6-3-11-27-14/h1-6,11H,7-10H2,(H,19,21,25). The van der Waals surface area contributed by atoms with Crippen LogP contribution in [0.1, 0.15) is 0 Å². The number of amides is 2. The van der Waals surface area contributed by atoms with Crippen molar-refractivity contribution in [2.75, 3.05) is 36.4 Å². The van der Waals surface area contributed by atoms with Gasteiger partial charge in [-0.15, -0.1) is 11.3 Å². The molecule has 0 spiro atoms. The van der Waals surface area contributed by atoms with Gasteiger partial charge in [-0.2, -0.15) is 9.36 Å². The van der Waals surface area contributed by atoms with Gasteiger partial charge < -0.3 is 14.3 Å². The summed E-state index contributed by atoms with van der Waals surface area (Å²) in [5.74, 6) is 1.22. The first-order valence-corrected chi connectivity index (χ1v) is 10.5. The van der Waals surface area contributed by atoms with E-state index in [1.165, 1.54) is 11.5 Å². The van der Waals surface area contributed by atoms with Gasteiger partial charge in [-0.1, -0.05) is 23.4 Å². The molecule has 8 nitrogen and oxygen atoms in total. The number of rotatable bonds is 3. The molecule has 1 N–H and O–H groups in total. The van der Waals surface area contributed by atoms with E-state index in [-0.39, 0.29) is 6.03 Å². The van der Waals surface area contributed by atoms with Crippen molar-refractivity contribution in [2.24, 2.45) is 0 Å². The van der Waals surface area contributed by atoms with Crippen molar-refractivity contribution in [1.82, 2.24) is 19.4 Å². The molecule has 10 heteroatoms. The van der Waals surface area contributed by atoms with Crippen molar-refractivity contribution in [3.63, 3.8) is 0 Å². The number of fused-ring (bicyclic) bond motifs is 1. The van der Waals surface area contributed by atoms with Crippen LogP contribution in [-0.2, 0) is 0 Å². The molecule has 2 amide bonds. The van der Waals surface area contributed by atoms with Gasteiger partial charge in [0.2, 0.25) is 5.13 Å². The second-order valence-corrected chi connectivity index (χ2v) is 7.99. The fourth-order valence-electron chi connectivity index (χ4n) is 3.11. The summed E-state index contributed by atoms with van der Waals surface area (Å²) in [5, 5.41) is 10.5. The molecule has 0 saturated carbocycles. The fourth-order valence-corrected chi connectivity index (χ4v) is 4.55. The number of hydrogen-bond donors (Lipinski definition) is 1. The number of urea groups is 1. The van der Waals surface area contributed by atoms with Gasteiger partial charge in [-0.3, -0.25) is 5.32 Å².